The lowest BCUT2D eigenvalue weighted by atomic mass is 9.87. The van der Waals surface area contributed by atoms with Crippen molar-refractivity contribution in [1.82, 2.24) is 25.5 Å². The average Bonchev–Trinajstić information content (AvgIpc) is 3.36. The van der Waals surface area contributed by atoms with Gasteiger partial charge in [-0.05, 0) is 53.1 Å². The number of hydrogen-bond donors (Lipinski definition) is 1. The number of nitrogens with zero attached hydrogens (tertiary/aromatic N) is 4. The molecule has 1 fully saturated rings. The Hall–Kier alpha value is -3.48. The number of amides is 1. The van der Waals surface area contributed by atoms with E-state index in [-0.39, 0.29) is 43.0 Å². The van der Waals surface area contributed by atoms with E-state index in [1.165, 1.54) is 6.92 Å². The molecule has 1 saturated heterocycles. The number of rotatable bonds is 6. The summed E-state index contributed by atoms with van der Waals surface area (Å²) >= 11 is 0. The molecule has 0 bridgehead atoms. The highest BCUT2D eigenvalue weighted by Gasteiger charge is 2.39. The highest BCUT2D eigenvalue weighted by molar-refractivity contribution is 5.78. The molecular weight excluding hydrogens is 504 g/mol. The summed E-state index contributed by atoms with van der Waals surface area (Å²) in [4.78, 5) is 14.4. The quantitative estimate of drug-likeness (QED) is 0.459. The normalized spacial score (nSPS) is 19.6. The molecule has 1 aromatic heterocycles. The Labute approximate surface area is 207 Å². The maximum Gasteiger partial charge on any atom is 0.416 e. The van der Waals surface area contributed by atoms with Gasteiger partial charge < -0.3 is 9.64 Å². The average molecular weight is 527 g/mol. The third kappa shape index (κ3) is 6.45. The number of nitrogens with one attached hydrogen (secondary N) is 1. The van der Waals surface area contributed by atoms with Gasteiger partial charge in [0.15, 0.2) is 5.82 Å². The molecule has 0 aliphatic carbocycles. The lowest BCUT2D eigenvalue weighted by Crippen LogP contribution is -2.46. The number of piperidine rings is 1. The van der Waals surface area contributed by atoms with Crippen LogP contribution < -0.4 is 0 Å². The molecule has 3 atom stereocenters. The first-order valence-electron chi connectivity index (χ1n) is 11.4. The van der Waals surface area contributed by atoms with Crippen LogP contribution in [0.2, 0.25) is 0 Å². The highest BCUT2D eigenvalue weighted by Crippen LogP contribution is 2.39. The first-order valence-corrected chi connectivity index (χ1v) is 11.4. The van der Waals surface area contributed by atoms with Crippen LogP contribution in [0.25, 0.3) is 0 Å². The lowest BCUT2D eigenvalue weighted by Gasteiger charge is -2.40. The summed E-state index contributed by atoms with van der Waals surface area (Å²) in [5.74, 6) is -0.279. The van der Waals surface area contributed by atoms with Crippen molar-refractivity contribution in [2.75, 3.05) is 13.1 Å². The van der Waals surface area contributed by atoms with E-state index in [2.05, 4.69) is 20.6 Å². The summed E-state index contributed by atoms with van der Waals surface area (Å²) in [5.41, 5.74) is -2.19. The number of benzene rings is 2. The molecule has 0 unspecified atom stereocenters. The van der Waals surface area contributed by atoms with Gasteiger partial charge in [0.05, 0.1) is 29.8 Å². The lowest BCUT2D eigenvalue weighted by molar-refractivity contribution is -0.143. The van der Waals surface area contributed by atoms with Crippen LogP contribution in [0.3, 0.4) is 0 Å². The number of carbonyl (C=O) groups excluding carboxylic acids is 1. The summed E-state index contributed by atoms with van der Waals surface area (Å²) in [6.07, 6.45) is -11.2. The van der Waals surface area contributed by atoms with E-state index in [0.717, 1.165) is 5.56 Å². The first kappa shape index (κ1) is 26.6. The van der Waals surface area contributed by atoms with Crippen molar-refractivity contribution in [3.05, 3.63) is 76.6 Å². The molecule has 198 valence electrons. The molecule has 3 aromatic rings. The van der Waals surface area contributed by atoms with Crippen LogP contribution in [0.4, 0.5) is 26.3 Å². The molecule has 2 aromatic carbocycles. The number of carbonyl (C=O) groups is 1. The van der Waals surface area contributed by atoms with Crippen LogP contribution in [-0.4, -0.2) is 50.6 Å². The minimum absolute atomic E-state index is 0.0408. The van der Waals surface area contributed by atoms with Gasteiger partial charge in [-0.1, -0.05) is 30.3 Å². The monoisotopic (exact) mass is 527 g/mol. The fraction of sp³-hybridized carbons (Fsp3) is 0.417. The van der Waals surface area contributed by atoms with E-state index >= 15 is 0 Å². The van der Waals surface area contributed by atoms with Crippen LogP contribution in [0.1, 0.15) is 53.4 Å². The van der Waals surface area contributed by atoms with E-state index < -0.39 is 35.7 Å². The summed E-state index contributed by atoms with van der Waals surface area (Å²) in [7, 11) is 0. The predicted octanol–water partition coefficient (Wildman–Crippen LogP) is 4.94. The van der Waals surface area contributed by atoms with Crippen LogP contribution in [0, 0.1) is 0 Å². The molecule has 1 aliphatic rings. The van der Waals surface area contributed by atoms with Gasteiger partial charge in [0, 0.05) is 19.0 Å². The number of alkyl halides is 6. The second-order valence-electron chi connectivity index (χ2n) is 8.83. The highest BCUT2D eigenvalue weighted by atomic mass is 19.4. The van der Waals surface area contributed by atoms with Gasteiger partial charge in [-0.25, -0.2) is 5.10 Å². The van der Waals surface area contributed by atoms with E-state index in [0.29, 0.717) is 24.4 Å². The summed E-state index contributed by atoms with van der Waals surface area (Å²) in [6.45, 7) is 1.96. The Morgan fingerprint density at radius 2 is 1.73 bits per heavy atom. The molecule has 2 heterocycles. The zero-order valence-electron chi connectivity index (χ0n) is 19.6. The molecule has 1 N–H and O–H groups in total. The number of hydrogen-bond acceptors (Lipinski definition) is 5. The molecule has 0 radical (unpaired) electrons. The van der Waals surface area contributed by atoms with Crippen molar-refractivity contribution in [2.24, 2.45) is 0 Å². The maximum atomic E-state index is 13.3. The van der Waals surface area contributed by atoms with Crippen molar-refractivity contribution < 1.29 is 35.9 Å². The third-order valence-corrected chi connectivity index (χ3v) is 6.30. The van der Waals surface area contributed by atoms with Crippen LogP contribution in [0.15, 0.2) is 48.5 Å². The van der Waals surface area contributed by atoms with Crippen LogP contribution in [-0.2, 0) is 28.3 Å². The second-order valence-corrected chi connectivity index (χ2v) is 8.83. The molecule has 7 nitrogen and oxygen atoms in total. The Morgan fingerprint density at radius 1 is 1.08 bits per heavy atom. The van der Waals surface area contributed by atoms with Gasteiger partial charge in [-0.3, -0.25) is 4.79 Å². The molecule has 0 spiro atoms. The standard InChI is InChI=1S/C24H23F6N5O2/c1-14(16-9-17(23(25,26)27)11-18(10-16)24(28,29)30)37-20-7-8-35(22(36)12-21-31-33-34-32-21)13-19(20)15-5-3-2-4-6-15/h2-6,9-11,14,19-20H,7-8,12-13H2,1H3,(H,31,32,33,34)/t14-,19+,20+/m1/s1. The second kappa shape index (κ2) is 10.5. The summed E-state index contributed by atoms with van der Waals surface area (Å²) in [6, 6.07) is 10.6. The van der Waals surface area contributed by atoms with Crippen molar-refractivity contribution in [1.29, 1.82) is 0 Å². The smallest absolute Gasteiger partial charge is 0.370 e. The molecule has 1 amide bonds. The van der Waals surface area contributed by atoms with Crippen molar-refractivity contribution >= 4 is 5.91 Å². The van der Waals surface area contributed by atoms with Gasteiger partial charge in [-0.2, -0.15) is 26.3 Å². The van der Waals surface area contributed by atoms with Crippen LogP contribution >= 0.6 is 0 Å². The van der Waals surface area contributed by atoms with E-state index in [4.69, 9.17) is 4.74 Å². The number of likely N-dealkylation sites (tertiary alicyclic amines) is 1. The van der Waals surface area contributed by atoms with Crippen molar-refractivity contribution in [3.8, 4) is 0 Å². The molecule has 0 saturated carbocycles. The fourth-order valence-electron chi connectivity index (χ4n) is 4.40. The van der Waals surface area contributed by atoms with Gasteiger partial charge in [0.2, 0.25) is 5.91 Å². The Balaban J connectivity index is 1.57. The molecule has 1 aliphatic heterocycles. The van der Waals surface area contributed by atoms with Crippen LogP contribution in [0.5, 0.6) is 0 Å². The molecular formula is C24H23F6N5O2. The fourth-order valence-corrected chi connectivity index (χ4v) is 4.40. The Morgan fingerprint density at radius 3 is 2.30 bits per heavy atom. The van der Waals surface area contributed by atoms with E-state index in [1.54, 1.807) is 17.0 Å². The molecule has 4 rings (SSSR count). The van der Waals surface area contributed by atoms with Gasteiger partial charge in [-0.15, -0.1) is 5.10 Å². The number of halogens is 6. The zero-order valence-corrected chi connectivity index (χ0v) is 19.6. The molecule has 37 heavy (non-hydrogen) atoms. The number of aromatic amines is 1. The predicted molar refractivity (Wildman–Crippen MR) is 118 cm³/mol. The van der Waals surface area contributed by atoms with Gasteiger partial charge in [0.25, 0.3) is 0 Å². The minimum Gasteiger partial charge on any atom is -0.370 e. The first-order chi connectivity index (χ1) is 17.4. The van der Waals surface area contributed by atoms with E-state index in [1.807, 2.05) is 18.2 Å². The number of tetrazole rings is 1. The van der Waals surface area contributed by atoms with Gasteiger partial charge in [0.1, 0.15) is 0 Å². The Kier molecular flexibility index (Phi) is 7.53. The minimum atomic E-state index is -4.95. The van der Waals surface area contributed by atoms with Gasteiger partial charge >= 0.3 is 12.4 Å². The number of H-pyrrole nitrogens is 1. The topological polar surface area (TPSA) is 84.0 Å². The van der Waals surface area contributed by atoms with Crippen molar-refractivity contribution in [3.63, 3.8) is 0 Å². The summed E-state index contributed by atoms with van der Waals surface area (Å²) in [5, 5.41) is 13.1. The Bertz CT molecular complexity index is 1170. The molecule has 13 heteroatoms. The number of aromatic nitrogens is 4. The van der Waals surface area contributed by atoms with Crippen molar-refractivity contribution in [2.45, 2.75) is 50.2 Å². The maximum absolute atomic E-state index is 13.3. The van der Waals surface area contributed by atoms with E-state index in [9.17, 15) is 31.1 Å². The zero-order chi connectivity index (χ0) is 26.8. The largest absolute Gasteiger partial charge is 0.416 e. The summed E-state index contributed by atoms with van der Waals surface area (Å²) < 4.78 is 86.1. The SMILES string of the molecule is C[C@@H](O[C@H]1CCN(C(=O)Cc2nnn[nH]2)C[C@H]1c1ccccc1)c1cc(C(F)(F)F)cc(C(F)(F)F)c1. The number of ether oxygens (including phenoxy) is 1. The third-order valence-electron chi connectivity index (χ3n) is 6.30.